The van der Waals surface area contributed by atoms with Gasteiger partial charge >= 0.3 is 0 Å². The van der Waals surface area contributed by atoms with E-state index in [4.69, 9.17) is 5.14 Å². The van der Waals surface area contributed by atoms with Gasteiger partial charge in [0.2, 0.25) is 50.1 Å². The lowest BCUT2D eigenvalue weighted by molar-refractivity contribution is 0.168. The number of nitrogens with two attached hydrogens (primary N) is 1. The predicted octanol–water partition coefficient (Wildman–Crippen LogP) is 10.5. The molecule has 0 bridgehead atoms. The highest BCUT2D eigenvalue weighted by Crippen LogP contribution is 2.25. The van der Waals surface area contributed by atoms with E-state index >= 15 is 0 Å². The van der Waals surface area contributed by atoms with Crippen LogP contribution in [0, 0.1) is 0 Å². The van der Waals surface area contributed by atoms with Crippen LogP contribution in [-0.2, 0) is 50.1 Å². The predicted molar refractivity (Wildman–Crippen MR) is 362 cm³/mol. The lowest BCUT2D eigenvalue weighted by atomic mass is 10.0. The second kappa shape index (κ2) is 35.0. The molecule has 89 heavy (non-hydrogen) atoms. The van der Waals surface area contributed by atoms with Gasteiger partial charge in [-0.2, -0.15) is 0 Å². The lowest BCUT2D eigenvalue weighted by Gasteiger charge is -2.34. The Kier molecular flexibility index (Phi) is 30.3. The van der Waals surface area contributed by atoms with E-state index in [1.807, 2.05) is 81.4 Å². The number of likely N-dealkylation sites (tertiary alicyclic amines) is 2. The van der Waals surface area contributed by atoms with E-state index in [1.165, 1.54) is 12.1 Å². The molecule has 6 N–H and O–H groups in total. The number of nitrogens with zero attached hydrogens (tertiary/aromatic N) is 3. The Bertz CT molecular complexity index is 3490. The van der Waals surface area contributed by atoms with Crippen LogP contribution in [0.5, 0.6) is 0 Å². The summed E-state index contributed by atoms with van der Waals surface area (Å²) in [5, 5.41) is 4.96. The Morgan fingerprint density at radius 2 is 0.640 bits per heavy atom. The molecular formula is C66H104N8O10S5. The number of benzene rings is 5. The summed E-state index contributed by atoms with van der Waals surface area (Å²) >= 11 is 0. The molecule has 2 saturated heterocycles. The Balaban J connectivity index is 0.000000240. The molecule has 0 spiro atoms. The van der Waals surface area contributed by atoms with Crippen LogP contribution in [-0.4, -0.2) is 141 Å². The summed E-state index contributed by atoms with van der Waals surface area (Å²) in [6.07, 6.45) is 5.43. The Morgan fingerprint density at radius 1 is 0.393 bits per heavy atom. The van der Waals surface area contributed by atoms with E-state index in [1.54, 1.807) is 60.7 Å². The zero-order valence-corrected chi connectivity index (χ0v) is 59.4. The number of hydrogen-bond acceptors (Lipinski definition) is 13. The zero-order valence-electron chi connectivity index (χ0n) is 55.3. The van der Waals surface area contributed by atoms with Gasteiger partial charge in [-0.15, -0.1) is 0 Å². The third-order valence-electron chi connectivity index (χ3n) is 15.7. The minimum atomic E-state index is -3.55. The van der Waals surface area contributed by atoms with Crippen molar-refractivity contribution in [1.82, 2.24) is 33.6 Å². The fourth-order valence-corrected chi connectivity index (χ4v) is 14.8. The fraction of sp³-hybridized carbons (Fsp3) is 0.545. The summed E-state index contributed by atoms with van der Waals surface area (Å²) in [7, 11) is -11.1. The summed E-state index contributed by atoms with van der Waals surface area (Å²) in [6.45, 7) is 30.1. The molecule has 23 heteroatoms. The van der Waals surface area contributed by atoms with Gasteiger partial charge in [0.15, 0.2) is 0 Å². The first kappa shape index (κ1) is 77.0. The van der Waals surface area contributed by atoms with Gasteiger partial charge in [0.1, 0.15) is 0 Å². The first-order valence-electron chi connectivity index (χ1n) is 31.1. The van der Waals surface area contributed by atoms with Crippen LogP contribution >= 0.6 is 0 Å². The average Bonchev–Trinajstić information content (AvgIpc) is 4.10. The van der Waals surface area contributed by atoms with Crippen molar-refractivity contribution in [3.8, 4) is 0 Å². The molecule has 5 aromatic rings. The molecule has 1 saturated carbocycles. The largest absolute Gasteiger partial charge is 0.308 e. The van der Waals surface area contributed by atoms with Crippen molar-refractivity contribution in [3.05, 3.63) is 149 Å². The van der Waals surface area contributed by atoms with Crippen molar-refractivity contribution in [2.24, 2.45) is 5.14 Å². The quantitative estimate of drug-likeness (QED) is 0.0459. The van der Waals surface area contributed by atoms with Crippen LogP contribution in [0.2, 0.25) is 0 Å². The molecule has 5 aromatic carbocycles. The molecule has 0 aromatic heterocycles. The third-order valence-corrected chi connectivity index (χ3v) is 22.7. The van der Waals surface area contributed by atoms with Gasteiger partial charge in [0.05, 0.1) is 24.5 Å². The lowest BCUT2D eigenvalue weighted by Crippen LogP contribution is -2.46. The van der Waals surface area contributed by atoms with E-state index < -0.39 is 50.1 Å². The van der Waals surface area contributed by atoms with Gasteiger partial charge in [-0.25, -0.2) is 66.1 Å². The highest BCUT2D eigenvalue weighted by atomic mass is 32.2. The highest BCUT2D eigenvalue weighted by Gasteiger charge is 2.29. The maximum atomic E-state index is 12.5. The number of nitrogens with one attached hydrogen (secondary N) is 4. The van der Waals surface area contributed by atoms with Gasteiger partial charge in [-0.3, -0.25) is 0 Å². The standard InChI is InChI=1S/C17H28N2O2S.C15H24N2O2S.C13H22N2O2S.C12H17NO2S.C9H13NO2S/c1-13(2)15-5-7-17(8-6-15)22(20,21)18-16-9-11-19(12-10-16)14(3)4;1-12(2)13-4-6-15(7-5-13)20(18,19)16-14-8-10-17(3)11-9-14;1-11(2)12-5-7-13(8-6-12)18(16,17)14-9-10-15(3)4;1-9(2)10-3-7-12(8-4-10)16(14,15)13-11-5-6-11;1-7(2)8-3-5-9(6-4-8)13(10,11)12/h5-8,13-14,16,18H,9-12H2,1-4H3;4-7,12,14,16H,8-11H2,1-3H3;5-8,11,14H,9-10H2,1-4H3;3-4,7-9,11,13H,5-6H2,1-2H3;3-7H,1-2H3,(H2,10,11,12). The van der Waals surface area contributed by atoms with Crippen molar-refractivity contribution in [3.63, 3.8) is 0 Å². The molecule has 498 valence electrons. The van der Waals surface area contributed by atoms with Crippen molar-refractivity contribution in [2.45, 2.75) is 200 Å². The highest BCUT2D eigenvalue weighted by molar-refractivity contribution is 7.90. The number of primary sulfonamides is 1. The Hall–Kier alpha value is -4.47. The molecule has 0 amide bonds. The van der Waals surface area contributed by atoms with Gasteiger partial charge in [0, 0.05) is 37.3 Å². The number of piperidine rings is 2. The van der Waals surface area contributed by atoms with E-state index in [0.29, 0.717) is 68.3 Å². The van der Waals surface area contributed by atoms with Crippen molar-refractivity contribution < 1.29 is 42.1 Å². The first-order chi connectivity index (χ1) is 41.4. The Labute approximate surface area is 536 Å². The topological polar surface area (TPSA) is 255 Å². The SMILES string of the molecule is CC(C)c1ccc(S(=O)(=O)NC2CC2)cc1.CC(C)c1ccc(S(=O)(=O)NC2CCN(C(C)C)CC2)cc1.CC(C)c1ccc(S(=O)(=O)NC2CCN(C)CC2)cc1.CC(C)c1ccc(S(=O)(=O)NCCN(C)C)cc1.CC(C)c1ccc(S(N)(=O)=O)cc1. The van der Waals surface area contributed by atoms with Crippen molar-refractivity contribution in [1.29, 1.82) is 0 Å². The minimum Gasteiger partial charge on any atom is -0.308 e. The van der Waals surface area contributed by atoms with Crippen LogP contribution in [0.4, 0.5) is 0 Å². The van der Waals surface area contributed by atoms with Gasteiger partial charge < -0.3 is 14.7 Å². The molecule has 8 rings (SSSR count). The summed E-state index contributed by atoms with van der Waals surface area (Å²) in [5.41, 5.74) is 5.72. The van der Waals surface area contributed by atoms with Crippen LogP contribution in [0.3, 0.4) is 0 Å². The van der Waals surface area contributed by atoms with Gasteiger partial charge in [0.25, 0.3) is 0 Å². The normalized spacial score (nSPS) is 15.9. The molecule has 0 radical (unpaired) electrons. The van der Waals surface area contributed by atoms with Crippen LogP contribution in [0.1, 0.15) is 179 Å². The van der Waals surface area contributed by atoms with Crippen LogP contribution < -0.4 is 24.0 Å². The second-order valence-corrected chi connectivity index (χ2v) is 34.0. The second-order valence-electron chi connectivity index (χ2n) is 25.5. The number of hydrogen-bond donors (Lipinski definition) is 5. The molecule has 2 aliphatic heterocycles. The molecule has 3 fully saturated rings. The smallest absolute Gasteiger partial charge is 0.240 e. The molecule has 3 aliphatic rings. The number of rotatable bonds is 21. The van der Waals surface area contributed by atoms with Crippen molar-refractivity contribution in [2.75, 3.05) is 60.4 Å². The van der Waals surface area contributed by atoms with Crippen LogP contribution in [0.15, 0.2) is 146 Å². The number of likely N-dealkylation sites (N-methyl/N-ethyl adjacent to an activating group) is 1. The molecule has 2 heterocycles. The Morgan fingerprint density at radius 3 is 0.876 bits per heavy atom. The van der Waals surface area contributed by atoms with Crippen LogP contribution in [0.25, 0.3) is 0 Å². The summed E-state index contributed by atoms with van der Waals surface area (Å²) < 4.78 is 130. The fourth-order valence-electron chi connectivity index (χ4n) is 9.38. The maximum absolute atomic E-state index is 12.5. The van der Waals surface area contributed by atoms with E-state index in [0.717, 1.165) is 92.5 Å². The summed E-state index contributed by atoms with van der Waals surface area (Å²) in [4.78, 5) is 8.13. The van der Waals surface area contributed by atoms with E-state index in [-0.39, 0.29) is 23.0 Å². The van der Waals surface area contributed by atoms with Gasteiger partial charge in [-0.05, 0) is 218 Å². The molecule has 1 aliphatic carbocycles. The zero-order chi connectivity index (χ0) is 66.7. The third kappa shape index (κ3) is 26.6. The minimum absolute atomic E-state index is 0.0461. The van der Waals surface area contributed by atoms with E-state index in [2.05, 4.69) is 105 Å². The van der Waals surface area contributed by atoms with E-state index in [9.17, 15) is 42.1 Å². The summed E-state index contributed by atoms with van der Waals surface area (Å²) in [5.74, 6) is 2.05. The van der Waals surface area contributed by atoms with Gasteiger partial charge in [-0.1, -0.05) is 130 Å². The number of sulfonamides is 5. The molecular weight excluding hydrogens is 1230 g/mol. The maximum Gasteiger partial charge on any atom is 0.240 e. The van der Waals surface area contributed by atoms with Crippen molar-refractivity contribution >= 4 is 50.1 Å². The molecule has 0 atom stereocenters. The molecule has 18 nitrogen and oxygen atoms in total. The monoisotopic (exact) mass is 1330 g/mol. The first-order valence-corrected chi connectivity index (χ1v) is 38.5. The average molecular weight is 1330 g/mol. The summed E-state index contributed by atoms with van der Waals surface area (Å²) in [6, 6.07) is 36.0. The molecule has 0 unspecified atom stereocenters.